The Kier molecular flexibility index (Phi) is 4.94. The van der Waals surface area contributed by atoms with Gasteiger partial charge in [0.05, 0.1) is 26.2 Å². The van der Waals surface area contributed by atoms with Gasteiger partial charge in [-0.3, -0.25) is 9.59 Å². The molecule has 0 spiro atoms. The lowest BCUT2D eigenvalue weighted by Gasteiger charge is -2.36. The van der Waals surface area contributed by atoms with Crippen LogP contribution in [0, 0.1) is 0 Å². The van der Waals surface area contributed by atoms with Crippen molar-refractivity contribution in [1.29, 1.82) is 0 Å². The number of para-hydroxylation sites is 1. The lowest BCUT2D eigenvalue weighted by molar-refractivity contribution is -0.917. The molecule has 2 aromatic carbocycles. The number of nitrogens with zero attached hydrogens (tertiary/aromatic N) is 2. The molecule has 0 unspecified atom stereocenters. The number of quaternary nitrogens is 1. The molecular weight excluding hydrogens is 338 g/mol. The number of carbonyl (C=O) groups excluding carboxylic acids is 2. The lowest BCUT2D eigenvalue weighted by atomic mass is 10.1. The highest BCUT2D eigenvalue weighted by atomic mass is 16.2. The van der Waals surface area contributed by atoms with Gasteiger partial charge in [-0.1, -0.05) is 36.4 Å². The molecule has 5 nitrogen and oxygen atoms in total. The van der Waals surface area contributed by atoms with Gasteiger partial charge in [-0.2, -0.15) is 0 Å². The maximum absolute atomic E-state index is 13.1. The monoisotopic (exact) mass is 364 g/mol. The molecule has 4 rings (SSSR count). The van der Waals surface area contributed by atoms with E-state index >= 15 is 0 Å². The van der Waals surface area contributed by atoms with Crippen LogP contribution in [0.4, 0.5) is 5.69 Å². The molecule has 2 amide bonds. The van der Waals surface area contributed by atoms with Crippen molar-refractivity contribution in [2.75, 3.05) is 37.6 Å². The first kappa shape index (κ1) is 17.7. The van der Waals surface area contributed by atoms with Crippen LogP contribution < -0.4 is 9.80 Å². The molecule has 1 fully saturated rings. The Morgan fingerprint density at radius 3 is 2.33 bits per heavy atom. The van der Waals surface area contributed by atoms with Gasteiger partial charge < -0.3 is 14.7 Å². The van der Waals surface area contributed by atoms with Crippen molar-refractivity contribution in [2.45, 2.75) is 19.4 Å². The molecule has 2 heterocycles. The first-order valence-electron chi connectivity index (χ1n) is 9.73. The van der Waals surface area contributed by atoms with Crippen LogP contribution in [0.5, 0.6) is 0 Å². The van der Waals surface area contributed by atoms with E-state index < -0.39 is 0 Å². The van der Waals surface area contributed by atoms with Crippen LogP contribution >= 0.6 is 0 Å². The highest BCUT2D eigenvalue weighted by Crippen LogP contribution is 2.27. The molecule has 0 saturated carbocycles. The number of hydrogen-bond acceptors (Lipinski definition) is 2. The van der Waals surface area contributed by atoms with Gasteiger partial charge in [0.2, 0.25) is 0 Å². The van der Waals surface area contributed by atoms with E-state index in [9.17, 15) is 9.59 Å². The minimum absolute atomic E-state index is 0.0853. The summed E-state index contributed by atoms with van der Waals surface area (Å²) in [4.78, 5) is 30.8. The van der Waals surface area contributed by atoms with Crippen LogP contribution in [0.15, 0.2) is 54.6 Å². The van der Waals surface area contributed by atoms with E-state index in [1.54, 1.807) is 0 Å². The molecule has 2 aromatic rings. The number of piperazine rings is 1. The largest absolute Gasteiger partial charge is 0.327 e. The number of rotatable bonds is 3. The van der Waals surface area contributed by atoms with E-state index in [0.29, 0.717) is 13.1 Å². The molecule has 1 N–H and O–H groups in total. The molecule has 0 radical (unpaired) electrons. The number of benzene rings is 2. The fourth-order valence-electron chi connectivity index (χ4n) is 4.17. The van der Waals surface area contributed by atoms with Crippen molar-refractivity contribution < 1.29 is 14.5 Å². The zero-order valence-electron chi connectivity index (χ0n) is 15.7. The van der Waals surface area contributed by atoms with Gasteiger partial charge in [0, 0.05) is 17.8 Å². The number of nitrogens with one attached hydrogen (secondary N) is 1. The third kappa shape index (κ3) is 3.47. The molecule has 0 aromatic heterocycles. The minimum Gasteiger partial charge on any atom is -0.327 e. The molecule has 1 atom stereocenters. The fourth-order valence-corrected chi connectivity index (χ4v) is 4.17. The molecular formula is C22H26N3O2+. The fraction of sp³-hybridized carbons (Fsp3) is 0.364. The zero-order valence-corrected chi connectivity index (χ0v) is 15.7. The van der Waals surface area contributed by atoms with Crippen molar-refractivity contribution in [3.8, 4) is 0 Å². The van der Waals surface area contributed by atoms with Gasteiger partial charge in [0.25, 0.3) is 11.8 Å². The van der Waals surface area contributed by atoms with E-state index in [-0.39, 0.29) is 17.9 Å². The minimum atomic E-state index is -0.0925. The molecule has 140 valence electrons. The smallest absolute Gasteiger partial charge is 0.284 e. The van der Waals surface area contributed by atoms with E-state index in [1.165, 1.54) is 10.5 Å². The highest BCUT2D eigenvalue weighted by molar-refractivity contribution is 5.98. The molecule has 5 heteroatoms. The number of fused-ring (bicyclic) bond motifs is 1. The first-order chi connectivity index (χ1) is 13.1. The van der Waals surface area contributed by atoms with Crippen LogP contribution in [0.25, 0.3) is 0 Å². The van der Waals surface area contributed by atoms with Crippen molar-refractivity contribution >= 4 is 17.5 Å². The number of hydrogen-bond donors (Lipinski definition) is 1. The number of carbonyl (C=O) groups is 2. The summed E-state index contributed by atoms with van der Waals surface area (Å²) in [7, 11) is 0. The Bertz CT molecular complexity index is 828. The summed E-state index contributed by atoms with van der Waals surface area (Å²) >= 11 is 0. The molecule has 0 aliphatic carbocycles. The normalized spacial score (nSPS) is 18.3. The van der Waals surface area contributed by atoms with E-state index in [0.717, 1.165) is 37.3 Å². The van der Waals surface area contributed by atoms with Gasteiger partial charge in [0.1, 0.15) is 0 Å². The topological polar surface area (TPSA) is 45.1 Å². The Morgan fingerprint density at radius 1 is 0.926 bits per heavy atom. The van der Waals surface area contributed by atoms with Gasteiger partial charge >= 0.3 is 0 Å². The number of amides is 2. The quantitative estimate of drug-likeness (QED) is 0.883. The second-order valence-corrected chi connectivity index (χ2v) is 7.41. The summed E-state index contributed by atoms with van der Waals surface area (Å²) < 4.78 is 0. The summed E-state index contributed by atoms with van der Waals surface area (Å²) in [5, 5.41) is 0. The predicted octanol–water partition coefficient (Wildman–Crippen LogP) is 1.01. The third-order valence-electron chi connectivity index (χ3n) is 5.85. The highest BCUT2D eigenvalue weighted by Gasteiger charge is 2.35. The van der Waals surface area contributed by atoms with Crippen molar-refractivity contribution in [2.24, 2.45) is 0 Å². The summed E-state index contributed by atoms with van der Waals surface area (Å²) in [6.07, 6.45) is 0.934. The summed E-state index contributed by atoms with van der Waals surface area (Å²) in [5.74, 6) is 0.278. The van der Waals surface area contributed by atoms with Crippen molar-refractivity contribution in [3.63, 3.8) is 0 Å². The Balaban J connectivity index is 1.37. The lowest BCUT2D eigenvalue weighted by Crippen LogP contribution is -3.19. The maximum Gasteiger partial charge on any atom is 0.284 e. The molecule has 27 heavy (non-hydrogen) atoms. The van der Waals surface area contributed by atoms with Crippen LogP contribution in [-0.2, 0) is 11.2 Å². The average Bonchev–Trinajstić information content (AvgIpc) is 3.17. The molecule has 0 bridgehead atoms. The second-order valence-electron chi connectivity index (χ2n) is 7.41. The summed E-state index contributed by atoms with van der Waals surface area (Å²) in [6.45, 7) is 5.79. The molecule has 1 saturated heterocycles. The van der Waals surface area contributed by atoms with Crippen LogP contribution in [0.1, 0.15) is 22.8 Å². The van der Waals surface area contributed by atoms with Gasteiger partial charge in [-0.25, -0.2) is 0 Å². The van der Waals surface area contributed by atoms with E-state index in [1.807, 2.05) is 65.3 Å². The standard InChI is InChI=1S/C22H25N3O2/c1-17(21(26)25-12-11-18-7-5-6-10-20(18)25)23-13-15-24(16-14-23)22(27)19-8-3-2-4-9-19/h2-10,17H,11-16H2,1H3/p+1/t17-/m1/s1. The van der Waals surface area contributed by atoms with Crippen molar-refractivity contribution in [3.05, 3.63) is 65.7 Å². The van der Waals surface area contributed by atoms with Crippen LogP contribution in [0.3, 0.4) is 0 Å². The maximum atomic E-state index is 13.1. The second kappa shape index (κ2) is 7.53. The van der Waals surface area contributed by atoms with Gasteiger partial charge in [0.15, 0.2) is 6.04 Å². The van der Waals surface area contributed by atoms with Crippen molar-refractivity contribution in [1.82, 2.24) is 4.90 Å². The van der Waals surface area contributed by atoms with Gasteiger partial charge in [-0.15, -0.1) is 0 Å². The van der Waals surface area contributed by atoms with Crippen LogP contribution in [0.2, 0.25) is 0 Å². The van der Waals surface area contributed by atoms with E-state index in [4.69, 9.17) is 0 Å². The molecule has 2 aliphatic heterocycles. The van der Waals surface area contributed by atoms with Gasteiger partial charge in [-0.05, 0) is 37.1 Å². The van der Waals surface area contributed by atoms with Crippen LogP contribution in [-0.4, -0.2) is 55.5 Å². The van der Waals surface area contributed by atoms with E-state index in [2.05, 4.69) is 6.07 Å². The predicted molar refractivity (Wildman–Crippen MR) is 105 cm³/mol. The first-order valence-corrected chi connectivity index (χ1v) is 9.73. The number of anilines is 1. The Hall–Kier alpha value is -2.66. The summed E-state index contributed by atoms with van der Waals surface area (Å²) in [5.41, 5.74) is 3.05. The Labute approximate surface area is 160 Å². The average molecular weight is 364 g/mol. The summed E-state index contributed by atoms with van der Waals surface area (Å²) in [6, 6.07) is 17.5. The Morgan fingerprint density at radius 2 is 1.59 bits per heavy atom. The zero-order chi connectivity index (χ0) is 18.8. The SMILES string of the molecule is C[C@H](C(=O)N1CCc2ccccc21)[NH+]1CCN(C(=O)c2ccccc2)CC1. The molecule has 2 aliphatic rings. The third-order valence-corrected chi connectivity index (χ3v) is 5.85.